The Morgan fingerprint density at radius 2 is 2.03 bits per heavy atom. The molecule has 0 aliphatic rings. The van der Waals surface area contributed by atoms with E-state index in [9.17, 15) is 9.18 Å². The summed E-state index contributed by atoms with van der Waals surface area (Å²) in [5.74, 6) is 0.882. The van der Waals surface area contributed by atoms with Crippen molar-refractivity contribution in [1.29, 1.82) is 0 Å². The van der Waals surface area contributed by atoms with Gasteiger partial charge in [0.1, 0.15) is 35.4 Å². The van der Waals surface area contributed by atoms with E-state index >= 15 is 0 Å². The number of para-hydroxylation sites is 1. The second-order valence-corrected chi connectivity index (χ2v) is 7.77. The van der Waals surface area contributed by atoms with Crippen molar-refractivity contribution in [2.24, 2.45) is 5.73 Å². The molecule has 1 unspecified atom stereocenters. The number of carbonyl (C=O) groups is 1. The van der Waals surface area contributed by atoms with Crippen LogP contribution in [-0.2, 0) is 0 Å². The van der Waals surface area contributed by atoms with E-state index in [1.165, 1.54) is 28.9 Å². The van der Waals surface area contributed by atoms with Crippen molar-refractivity contribution in [2.75, 3.05) is 23.8 Å². The van der Waals surface area contributed by atoms with Gasteiger partial charge in [-0.05, 0) is 43.3 Å². The molecule has 5 N–H and O–H groups in total. The number of ether oxygens (including phenoxy) is 2. The van der Waals surface area contributed by atoms with Crippen molar-refractivity contribution in [3.8, 4) is 11.5 Å². The Kier molecular flexibility index (Phi) is 7.38. The van der Waals surface area contributed by atoms with Crippen molar-refractivity contribution in [3.63, 3.8) is 0 Å². The van der Waals surface area contributed by atoms with E-state index in [1.54, 1.807) is 36.5 Å². The molecule has 0 fully saturated rings. The van der Waals surface area contributed by atoms with Crippen molar-refractivity contribution in [1.82, 2.24) is 14.6 Å². The van der Waals surface area contributed by atoms with Gasteiger partial charge >= 0.3 is 6.09 Å². The van der Waals surface area contributed by atoms with Crippen LogP contribution in [0.25, 0.3) is 5.65 Å². The summed E-state index contributed by atoms with van der Waals surface area (Å²) < 4.78 is 26.4. The molecule has 4 aromatic rings. The first-order chi connectivity index (χ1) is 16.9. The molecule has 2 atom stereocenters. The number of hydrogen-bond donors (Lipinski definition) is 4. The van der Waals surface area contributed by atoms with E-state index in [2.05, 4.69) is 20.7 Å². The van der Waals surface area contributed by atoms with Crippen LogP contribution in [-0.4, -0.2) is 45.1 Å². The van der Waals surface area contributed by atoms with Gasteiger partial charge < -0.3 is 25.6 Å². The summed E-state index contributed by atoms with van der Waals surface area (Å²) >= 11 is 0. The maximum absolute atomic E-state index is 14.0. The molecule has 2 heterocycles. The Hall–Kier alpha value is -4.22. The summed E-state index contributed by atoms with van der Waals surface area (Å²) in [6.45, 7) is 1.68. The number of amides is 1. The topological polar surface area (TPSA) is 136 Å². The van der Waals surface area contributed by atoms with Gasteiger partial charge in [-0.25, -0.2) is 18.7 Å². The van der Waals surface area contributed by atoms with E-state index in [4.69, 9.17) is 20.3 Å². The maximum Gasteiger partial charge on any atom is 0.417 e. The fourth-order valence-corrected chi connectivity index (χ4v) is 3.31. The van der Waals surface area contributed by atoms with Crippen LogP contribution in [0.15, 0.2) is 67.0 Å². The Labute approximate surface area is 200 Å². The molecular formula is C24H25FN6O4. The average Bonchev–Trinajstić information content (AvgIpc) is 3.25. The molecule has 0 radical (unpaired) electrons. The zero-order valence-electron chi connectivity index (χ0n) is 18.9. The van der Waals surface area contributed by atoms with Crippen molar-refractivity contribution >= 4 is 23.2 Å². The monoisotopic (exact) mass is 480 g/mol. The number of carbonyl (C=O) groups excluding carboxylic acids is 1. The highest BCUT2D eigenvalue weighted by atomic mass is 19.1. The molecule has 2 aromatic heterocycles. The van der Waals surface area contributed by atoms with E-state index in [-0.39, 0.29) is 13.2 Å². The molecule has 35 heavy (non-hydrogen) atoms. The molecule has 0 aliphatic carbocycles. The fraction of sp³-hybridized carbons (Fsp3) is 0.208. The van der Waals surface area contributed by atoms with Gasteiger partial charge in [0.15, 0.2) is 5.65 Å². The van der Waals surface area contributed by atoms with Crippen LogP contribution < -0.4 is 25.8 Å². The number of halogens is 1. The van der Waals surface area contributed by atoms with Gasteiger partial charge in [-0.3, -0.25) is 5.32 Å². The Morgan fingerprint density at radius 1 is 1.23 bits per heavy atom. The highest BCUT2D eigenvalue weighted by Crippen LogP contribution is 2.29. The second-order valence-electron chi connectivity index (χ2n) is 7.77. The summed E-state index contributed by atoms with van der Waals surface area (Å²) in [4.78, 5) is 16.8. The highest BCUT2D eigenvalue weighted by molar-refractivity contribution is 5.90. The molecule has 2 aromatic carbocycles. The minimum atomic E-state index is -0.678. The van der Waals surface area contributed by atoms with Crippen molar-refractivity contribution < 1.29 is 23.8 Å². The minimum absolute atomic E-state index is 0.0794. The zero-order valence-corrected chi connectivity index (χ0v) is 18.9. The van der Waals surface area contributed by atoms with E-state index in [0.29, 0.717) is 34.2 Å². The van der Waals surface area contributed by atoms with Gasteiger partial charge in [0.2, 0.25) is 0 Å². The van der Waals surface area contributed by atoms with Crippen molar-refractivity contribution in [3.05, 3.63) is 78.4 Å². The molecule has 0 saturated heterocycles. The number of aliphatic hydroxyl groups is 1. The molecule has 0 aliphatic heterocycles. The molecule has 11 heteroatoms. The Bertz CT molecular complexity index is 1300. The third kappa shape index (κ3) is 6.02. The molecular weight excluding hydrogens is 455 g/mol. The number of aromatic nitrogens is 3. The smallest absolute Gasteiger partial charge is 0.417 e. The van der Waals surface area contributed by atoms with E-state index in [0.717, 1.165) is 0 Å². The maximum atomic E-state index is 14.0. The number of nitrogens with zero attached hydrogens (tertiary/aromatic N) is 3. The number of aliphatic hydroxyl groups excluding tert-OH is 1. The van der Waals surface area contributed by atoms with Crippen LogP contribution in [0.4, 0.5) is 20.7 Å². The summed E-state index contributed by atoms with van der Waals surface area (Å²) in [7, 11) is 0. The number of anilines is 2. The minimum Gasteiger partial charge on any atom is -0.492 e. The summed E-state index contributed by atoms with van der Waals surface area (Å²) in [5.41, 5.74) is 7.01. The Morgan fingerprint density at radius 3 is 2.80 bits per heavy atom. The SMILES string of the molecule is C[C@@H](Nc1ccn2ncc(NC(=O)Oc3ccccc3)c2n1)c1cc(F)ccc1OCC(N)CO. The molecule has 1 amide bonds. The summed E-state index contributed by atoms with van der Waals surface area (Å²) in [6.07, 6.45) is 2.46. The number of fused-ring (bicyclic) bond motifs is 1. The molecule has 0 spiro atoms. The molecule has 4 rings (SSSR count). The lowest BCUT2D eigenvalue weighted by Gasteiger charge is -2.20. The number of nitrogens with one attached hydrogen (secondary N) is 2. The number of nitrogens with two attached hydrogens (primary N) is 1. The first-order valence-corrected chi connectivity index (χ1v) is 10.9. The predicted molar refractivity (Wildman–Crippen MR) is 128 cm³/mol. The standard InChI is InChI=1S/C24H25FN6O4/c1-15(19-11-16(25)7-8-21(19)34-14-17(26)13-32)28-22-9-10-31-23(30-22)20(12-27-31)29-24(33)35-18-5-3-2-4-6-18/h2-12,15,17,32H,13-14,26H2,1H3,(H,28,30)(H,29,33)/t15-,17?/m1/s1. The lowest BCUT2D eigenvalue weighted by molar-refractivity contribution is 0.205. The summed E-state index contributed by atoms with van der Waals surface area (Å²) in [6, 6.07) is 13.6. The van der Waals surface area contributed by atoms with Gasteiger partial charge in [-0.2, -0.15) is 5.10 Å². The number of rotatable bonds is 9. The lowest BCUT2D eigenvalue weighted by Crippen LogP contribution is -2.31. The quantitative estimate of drug-likeness (QED) is 0.286. The van der Waals surface area contributed by atoms with Crippen LogP contribution >= 0.6 is 0 Å². The average molecular weight is 481 g/mol. The predicted octanol–water partition coefficient (Wildman–Crippen LogP) is 3.35. The van der Waals surface area contributed by atoms with E-state index in [1.807, 2.05) is 13.0 Å². The normalized spacial score (nSPS) is 12.7. The molecule has 0 saturated carbocycles. The first-order valence-electron chi connectivity index (χ1n) is 10.9. The van der Waals surface area contributed by atoms with Crippen LogP contribution in [0, 0.1) is 5.82 Å². The van der Waals surface area contributed by atoms with Crippen LogP contribution in [0.1, 0.15) is 18.5 Å². The molecule has 182 valence electrons. The number of benzene rings is 2. The molecule has 10 nitrogen and oxygen atoms in total. The lowest BCUT2D eigenvalue weighted by atomic mass is 10.1. The third-order valence-electron chi connectivity index (χ3n) is 5.05. The van der Waals surface area contributed by atoms with Crippen LogP contribution in [0.5, 0.6) is 11.5 Å². The number of hydrogen-bond acceptors (Lipinski definition) is 8. The van der Waals surface area contributed by atoms with E-state index < -0.39 is 24.0 Å². The largest absolute Gasteiger partial charge is 0.492 e. The van der Waals surface area contributed by atoms with Crippen LogP contribution in [0.3, 0.4) is 0 Å². The van der Waals surface area contributed by atoms with Crippen LogP contribution in [0.2, 0.25) is 0 Å². The Balaban J connectivity index is 1.50. The fourth-order valence-electron chi connectivity index (χ4n) is 3.31. The van der Waals surface area contributed by atoms with Gasteiger partial charge in [-0.1, -0.05) is 18.2 Å². The first kappa shape index (κ1) is 23.9. The van der Waals surface area contributed by atoms with Gasteiger partial charge in [-0.15, -0.1) is 0 Å². The second kappa shape index (κ2) is 10.8. The summed E-state index contributed by atoms with van der Waals surface area (Å²) in [5, 5.41) is 19.2. The van der Waals surface area contributed by atoms with Gasteiger partial charge in [0, 0.05) is 11.8 Å². The molecule has 0 bridgehead atoms. The van der Waals surface area contributed by atoms with Crippen molar-refractivity contribution in [2.45, 2.75) is 19.0 Å². The highest BCUT2D eigenvalue weighted by Gasteiger charge is 2.16. The van der Waals surface area contributed by atoms with Gasteiger partial charge in [0.25, 0.3) is 0 Å². The van der Waals surface area contributed by atoms with Gasteiger partial charge in [0.05, 0.1) is 24.9 Å². The third-order valence-corrected chi connectivity index (χ3v) is 5.05. The zero-order chi connectivity index (χ0) is 24.8.